The third kappa shape index (κ3) is 3.65. The second-order valence-corrected chi connectivity index (χ2v) is 7.03. The Labute approximate surface area is 133 Å². The standard InChI is InChI=1S/C17H28N4O/c1-6-16(2,3)12-22-13-17(4,11-18-5)21-15-10-8-7-9-14(15)19-20-21/h7-10,18H,6,11-13H2,1-5H3. The lowest BCUT2D eigenvalue weighted by Crippen LogP contribution is -2.45. The molecule has 0 saturated carbocycles. The Bertz CT molecular complexity index is 607. The van der Waals surface area contributed by atoms with Gasteiger partial charge in [0.05, 0.1) is 24.3 Å². The van der Waals surface area contributed by atoms with Gasteiger partial charge in [-0.1, -0.05) is 38.1 Å². The summed E-state index contributed by atoms with van der Waals surface area (Å²) in [6.45, 7) is 10.9. The first-order valence-corrected chi connectivity index (χ1v) is 7.95. The van der Waals surface area contributed by atoms with E-state index in [1.165, 1.54) is 0 Å². The van der Waals surface area contributed by atoms with Crippen LogP contribution in [0.3, 0.4) is 0 Å². The molecule has 0 aliphatic rings. The molecule has 1 unspecified atom stereocenters. The Morgan fingerprint density at radius 3 is 2.59 bits per heavy atom. The first-order chi connectivity index (χ1) is 10.4. The summed E-state index contributed by atoms with van der Waals surface area (Å²) < 4.78 is 8.04. The van der Waals surface area contributed by atoms with Crippen LogP contribution in [0.1, 0.15) is 34.1 Å². The molecular formula is C17H28N4O. The van der Waals surface area contributed by atoms with Crippen LogP contribution in [-0.4, -0.2) is 41.8 Å². The molecule has 0 saturated heterocycles. The van der Waals surface area contributed by atoms with E-state index in [1.54, 1.807) is 0 Å². The first kappa shape index (κ1) is 16.9. The fraction of sp³-hybridized carbons (Fsp3) is 0.647. The molecular weight excluding hydrogens is 276 g/mol. The molecule has 1 N–H and O–H groups in total. The number of rotatable bonds is 8. The second kappa shape index (κ2) is 6.75. The number of nitrogens with one attached hydrogen (secondary N) is 1. The van der Waals surface area contributed by atoms with E-state index in [0.717, 1.165) is 30.6 Å². The van der Waals surface area contributed by atoms with Gasteiger partial charge in [0.1, 0.15) is 5.52 Å². The summed E-state index contributed by atoms with van der Waals surface area (Å²) in [7, 11) is 1.95. The van der Waals surface area contributed by atoms with Gasteiger partial charge in [-0.25, -0.2) is 4.68 Å². The quantitative estimate of drug-likeness (QED) is 0.815. The molecule has 0 spiro atoms. The van der Waals surface area contributed by atoms with Crippen molar-refractivity contribution in [2.24, 2.45) is 5.41 Å². The summed E-state index contributed by atoms with van der Waals surface area (Å²) >= 11 is 0. The predicted octanol–water partition coefficient (Wildman–Crippen LogP) is 2.82. The summed E-state index contributed by atoms with van der Waals surface area (Å²) in [6, 6.07) is 8.04. The van der Waals surface area contributed by atoms with Gasteiger partial charge in [-0.2, -0.15) is 0 Å². The molecule has 0 bridgehead atoms. The van der Waals surface area contributed by atoms with Crippen molar-refractivity contribution in [3.8, 4) is 0 Å². The minimum Gasteiger partial charge on any atom is -0.378 e. The smallest absolute Gasteiger partial charge is 0.113 e. The van der Waals surface area contributed by atoms with Crippen molar-refractivity contribution >= 4 is 11.0 Å². The molecule has 1 heterocycles. The summed E-state index contributed by atoms with van der Waals surface area (Å²) in [5, 5.41) is 11.9. The SMILES string of the molecule is CCC(C)(C)COCC(C)(CNC)n1nnc2ccccc21. The largest absolute Gasteiger partial charge is 0.378 e. The Balaban J connectivity index is 2.20. The van der Waals surface area contributed by atoms with Crippen LogP contribution in [-0.2, 0) is 10.3 Å². The van der Waals surface area contributed by atoms with Crippen LogP contribution >= 0.6 is 0 Å². The molecule has 0 radical (unpaired) electrons. The van der Waals surface area contributed by atoms with Crippen LogP contribution in [0.15, 0.2) is 24.3 Å². The third-order valence-electron chi connectivity index (χ3n) is 4.28. The van der Waals surface area contributed by atoms with Gasteiger partial charge in [-0.15, -0.1) is 5.10 Å². The number of hydrogen-bond acceptors (Lipinski definition) is 4. The molecule has 1 aromatic heterocycles. The summed E-state index contributed by atoms with van der Waals surface area (Å²) in [5.41, 5.74) is 1.89. The molecule has 5 nitrogen and oxygen atoms in total. The molecule has 22 heavy (non-hydrogen) atoms. The highest BCUT2D eigenvalue weighted by Crippen LogP contribution is 2.24. The Kier molecular flexibility index (Phi) is 5.19. The predicted molar refractivity (Wildman–Crippen MR) is 90.0 cm³/mol. The van der Waals surface area contributed by atoms with Gasteiger partial charge in [0.2, 0.25) is 0 Å². The monoisotopic (exact) mass is 304 g/mol. The Hall–Kier alpha value is -1.46. The van der Waals surface area contributed by atoms with Gasteiger partial charge in [0.15, 0.2) is 0 Å². The molecule has 0 aliphatic carbocycles. The summed E-state index contributed by atoms with van der Waals surface area (Å²) in [6.07, 6.45) is 1.10. The molecule has 0 amide bonds. The highest BCUT2D eigenvalue weighted by molar-refractivity contribution is 5.74. The molecule has 1 aromatic carbocycles. The Morgan fingerprint density at radius 2 is 1.91 bits per heavy atom. The van der Waals surface area contributed by atoms with E-state index in [4.69, 9.17) is 4.74 Å². The van der Waals surface area contributed by atoms with Crippen LogP contribution in [0.2, 0.25) is 0 Å². The topological polar surface area (TPSA) is 52.0 Å². The third-order valence-corrected chi connectivity index (χ3v) is 4.28. The van der Waals surface area contributed by atoms with Crippen molar-refractivity contribution in [2.45, 2.75) is 39.7 Å². The van der Waals surface area contributed by atoms with Gasteiger partial charge in [0, 0.05) is 6.54 Å². The van der Waals surface area contributed by atoms with Crippen molar-refractivity contribution in [3.05, 3.63) is 24.3 Å². The van der Waals surface area contributed by atoms with Crippen LogP contribution in [0.4, 0.5) is 0 Å². The van der Waals surface area contributed by atoms with E-state index in [-0.39, 0.29) is 11.0 Å². The number of fused-ring (bicyclic) bond motifs is 1. The number of ether oxygens (including phenoxy) is 1. The van der Waals surface area contributed by atoms with E-state index in [2.05, 4.69) is 49.4 Å². The number of aromatic nitrogens is 3. The van der Waals surface area contributed by atoms with Crippen LogP contribution in [0, 0.1) is 5.41 Å². The van der Waals surface area contributed by atoms with Crippen molar-refractivity contribution in [1.29, 1.82) is 0 Å². The van der Waals surface area contributed by atoms with Crippen molar-refractivity contribution in [2.75, 3.05) is 26.8 Å². The van der Waals surface area contributed by atoms with Gasteiger partial charge in [0.25, 0.3) is 0 Å². The molecule has 122 valence electrons. The fourth-order valence-electron chi connectivity index (χ4n) is 2.48. The van der Waals surface area contributed by atoms with Gasteiger partial charge in [-0.3, -0.25) is 0 Å². The van der Waals surface area contributed by atoms with Crippen molar-refractivity contribution < 1.29 is 4.74 Å². The normalized spacial score (nSPS) is 15.1. The van der Waals surface area contributed by atoms with Gasteiger partial charge >= 0.3 is 0 Å². The molecule has 2 aromatic rings. The molecule has 1 atom stereocenters. The average molecular weight is 304 g/mol. The number of benzene rings is 1. The van der Waals surface area contributed by atoms with E-state index in [9.17, 15) is 0 Å². The van der Waals surface area contributed by atoms with E-state index < -0.39 is 0 Å². The lowest BCUT2D eigenvalue weighted by molar-refractivity contribution is 0.00974. The van der Waals surface area contributed by atoms with E-state index in [1.807, 2.05) is 29.9 Å². The van der Waals surface area contributed by atoms with Crippen LogP contribution in [0.25, 0.3) is 11.0 Å². The van der Waals surface area contributed by atoms with Crippen molar-refractivity contribution in [3.63, 3.8) is 0 Å². The maximum Gasteiger partial charge on any atom is 0.113 e. The molecule has 5 heteroatoms. The van der Waals surface area contributed by atoms with Crippen LogP contribution in [0.5, 0.6) is 0 Å². The molecule has 2 rings (SSSR count). The first-order valence-electron chi connectivity index (χ1n) is 7.95. The highest BCUT2D eigenvalue weighted by Gasteiger charge is 2.30. The minimum absolute atomic E-state index is 0.199. The Morgan fingerprint density at radius 1 is 1.18 bits per heavy atom. The number of likely N-dealkylation sites (N-methyl/N-ethyl adjacent to an activating group) is 1. The lowest BCUT2D eigenvalue weighted by atomic mass is 9.91. The fourth-order valence-corrected chi connectivity index (χ4v) is 2.48. The van der Waals surface area contributed by atoms with Crippen LogP contribution < -0.4 is 5.32 Å². The number of para-hydroxylation sites is 1. The maximum atomic E-state index is 6.05. The highest BCUT2D eigenvalue weighted by atomic mass is 16.5. The second-order valence-electron chi connectivity index (χ2n) is 7.03. The number of hydrogen-bond donors (Lipinski definition) is 1. The lowest BCUT2D eigenvalue weighted by Gasteiger charge is -2.32. The zero-order valence-electron chi connectivity index (χ0n) is 14.4. The molecule has 0 fully saturated rings. The summed E-state index contributed by atoms with van der Waals surface area (Å²) in [4.78, 5) is 0. The zero-order chi connectivity index (χ0) is 16.2. The van der Waals surface area contributed by atoms with Gasteiger partial charge < -0.3 is 10.1 Å². The molecule has 0 aliphatic heterocycles. The average Bonchev–Trinajstić information content (AvgIpc) is 2.92. The minimum atomic E-state index is -0.269. The maximum absolute atomic E-state index is 6.05. The van der Waals surface area contributed by atoms with E-state index in [0.29, 0.717) is 6.61 Å². The van der Waals surface area contributed by atoms with E-state index >= 15 is 0 Å². The summed E-state index contributed by atoms with van der Waals surface area (Å²) in [5.74, 6) is 0. The van der Waals surface area contributed by atoms with Crippen molar-refractivity contribution in [1.82, 2.24) is 20.3 Å². The number of nitrogens with zero attached hydrogens (tertiary/aromatic N) is 3. The zero-order valence-corrected chi connectivity index (χ0v) is 14.4. The van der Waals surface area contributed by atoms with Gasteiger partial charge in [-0.05, 0) is 37.9 Å².